The van der Waals surface area contributed by atoms with Crippen molar-refractivity contribution >= 4 is 5.91 Å². The van der Waals surface area contributed by atoms with Gasteiger partial charge < -0.3 is 16.2 Å². The molecule has 4 nitrogen and oxygen atoms in total. The second-order valence-electron chi connectivity index (χ2n) is 1.88. The molecule has 2 atom stereocenters. The molecule has 0 rings (SSSR count). The fourth-order valence-corrected chi connectivity index (χ4v) is 0.386. The number of rotatable bonds is 2. The number of aliphatic hydroxyl groups excluding tert-OH is 1. The van der Waals surface area contributed by atoms with Crippen LogP contribution in [0, 0.1) is 0 Å². The molecule has 0 saturated heterocycles. The third-order valence-electron chi connectivity index (χ3n) is 1.07. The first-order chi connectivity index (χ1) is 4.09. The summed E-state index contributed by atoms with van der Waals surface area (Å²) in [5, 5.41) is 11.1. The molecule has 9 heavy (non-hydrogen) atoms. The molecule has 0 aliphatic carbocycles. The molecule has 54 valence electrons. The van der Waals surface area contributed by atoms with Crippen molar-refractivity contribution in [2.45, 2.75) is 19.1 Å². The Balaban J connectivity index is 3.72. The Labute approximate surface area is 54.0 Å². The third-order valence-corrected chi connectivity index (χ3v) is 1.07. The minimum absolute atomic E-state index is 0.343. The van der Waals surface area contributed by atoms with Crippen molar-refractivity contribution < 1.29 is 9.90 Å². The zero-order valence-electron chi connectivity index (χ0n) is 5.59. The Morgan fingerprint density at radius 3 is 2.33 bits per heavy atom. The third kappa shape index (κ3) is 2.43. The van der Waals surface area contributed by atoms with Crippen LogP contribution in [0.15, 0.2) is 0 Å². The van der Waals surface area contributed by atoms with Gasteiger partial charge in [0.25, 0.3) is 0 Å². The highest BCUT2D eigenvalue weighted by Gasteiger charge is 2.16. The van der Waals surface area contributed by atoms with Crippen molar-refractivity contribution in [3.8, 4) is 0 Å². The minimum atomic E-state index is -0.810. The van der Waals surface area contributed by atoms with E-state index < -0.39 is 12.1 Å². The predicted molar refractivity (Wildman–Crippen MR) is 33.7 cm³/mol. The van der Waals surface area contributed by atoms with Crippen molar-refractivity contribution in [3.05, 3.63) is 0 Å². The summed E-state index contributed by atoms with van der Waals surface area (Å²) in [5.74, 6) is -0.343. The average molecular weight is 132 g/mol. The second-order valence-corrected chi connectivity index (χ2v) is 1.88. The van der Waals surface area contributed by atoms with Crippen LogP contribution in [0.25, 0.3) is 0 Å². The Bertz CT molecular complexity index is 103. The summed E-state index contributed by atoms with van der Waals surface area (Å²) in [6, 6.07) is -0.810. The standard InChI is InChI=1S/C5H12N2O2/c1-3(8)4(6)5(9)7-2/h3-4,8H,6H2,1-2H3,(H,7,9)/t3-,4+/m1/s1. The van der Waals surface area contributed by atoms with Gasteiger partial charge in [-0.3, -0.25) is 4.79 Å². The first-order valence-corrected chi connectivity index (χ1v) is 2.75. The molecule has 0 saturated carbocycles. The summed E-state index contributed by atoms with van der Waals surface area (Å²) >= 11 is 0. The van der Waals surface area contributed by atoms with Gasteiger partial charge in [-0.15, -0.1) is 0 Å². The van der Waals surface area contributed by atoms with E-state index in [9.17, 15) is 4.79 Å². The molecule has 0 bridgehead atoms. The molecule has 1 amide bonds. The molecule has 4 N–H and O–H groups in total. The van der Waals surface area contributed by atoms with Gasteiger partial charge >= 0.3 is 0 Å². The van der Waals surface area contributed by atoms with Crippen LogP contribution in [0.1, 0.15) is 6.92 Å². The van der Waals surface area contributed by atoms with E-state index in [1.54, 1.807) is 0 Å². The summed E-state index contributed by atoms with van der Waals surface area (Å²) in [6.07, 6.45) is -0.787. The number of carbonyl (C=O) groups excluding carboxylic acids is 1. The molecule has 0 radical (unpaired) electrons. The van der Waals surface area contributed by atoms with E-state index >= 15 is 0 Å². The van der Waals surface area contributed by atoms with E-state index in [1.165, 1.54) is 14.0 Å². The van der Waals surface area contributed by atoms with Gasteiger partial charge in [0.2, 0.25) is 5.91 Å². The first-order valence-electron chi connectivity index (χ1n) is 2.75. The molecule has 4 heteroatoms. The fraction of sp³-hybridized carbons (Fsp3) is 0.800. The number of nitrogens with two attached hydrogens (primary N) is 1. The number of nitrogens with one attached hydrogen (secondary N) is 1. The number of likely N-dealkylation sites (N-methyl/N-ethyl adjacent to an activating group) is 1. The lowest BCUT2D eigenvalue weighted by molar-refractivity contribution is -0.123. The summed E-state index contributed by atoms with van der Waals surface area (Å²) in [6.45, 7) is 1.47. The molecular formula is C5H12N2O2. The van der Waals surface area contributed by atoms with E-state index in [0.717, 1.165) is 0 Å². The average Bonchev–Trinajstić information content (AvgIpc) is 1.84. The summed E-state index contributed by atoms with van der Waals surface area (Å²) < 4.78 is 0. The van der Waals surface area contributed by atoms with Gasteiger partial charge in [-0.05, 0) is 6.92 Å². The predicted octanol–water partition coefficient (Wildman–Crippen LogP) is -1.56. The highest BCUT2D eigenvalue weighted by atomic mass is 16.3. The van der Waals surface area contributed by atoms with Crippen LogP contribution in [-0.2, 0) is 4.79 Å². The van der Waals surface area contributed by atoms with Crippen LogP contribution in [0.2, 0.25) is 0 Å². The fourth-order valence-electron chi connectivity index (χ4n) is 0.386. The van der Waals surface area contributed by atoms with Crippen LogP contribution in [0.5, 0.6) is 0 Å². The molecule has 0 spiro atoms. The van der Waals surface area contributed by atoms with Gasteiger partial charge in [-0.1, -0.05) is 0 Å². The molecule has 0 aromatic carbocycles. The smallest absolute Gasteiger partial charge is 0.239 e. The molecule has 0 unspecified atom stereocenters. The second kappa shape index (κ2) is 3.42. The van der Waals surface area contributed by atoms with Gasteiger partial charge in [0.1, 0.15) is 6.04 Å². The maximum Gasteiger partial charge on any atom is 0.239 e. The lowest BCUT2D eigenvalue weighted by atomic mass is 10.2. The number of aliphatic hydroxyl groups is 1. The Kier molecular flexibility index (Phi) is 3.19. The summed E-state index contributed by atoms with van der Waals surface area (Å²) in [5.41, 5.74) is 5.21. The SMILES string of the molecule is CNC(=O)[C@@H](N)[C@@H](C)O. The molecular weight excluding hydrogens is 120 g/mol. The highest BCUT2D eigenvalue weighted by Crippen LogP contribution is 1.86. The van der Waals surface area contributed by atoms with Crippen LogP contribution >= 0.6 is 0 Å². The van der Waals surface area contributed by atoms with Crippen molar-refractivity contribution in [3.63, 3.8) is 0 Å². The lowest BCUT2D eigenvalue weighted by Crippen LogP contribution is -2.45. The van der Waals surface area contributed by atoms with Gasteiger partial charge in [0, 0.05) is 7.05 Å². The van der Waals surface area contributed by atoms with E-state index in [-0.39, 0.29) is 5.91 Å². The molecule has 0 heterocycles. The van der Waals surface area contributed by atoms with Gasteiger partial charge in [-0.25, -0.2) is 0 Å². The van der Waals surface area contributed by atoms with E-state index in [0.29, 0.717) is 0 Å². The molecule has 0 aromatic heterocycles. The molecule has 0 fully saturated rings. The topological polar surface area (TPSA) is 75.4 Å². The number of hydrogen-bond donors (Lipinski definition) is 3. The van der Waals surface area contributed by atoms with E-state index in [2.05, 4.69) is 5.32 Å². The minimum Gasteiger partial charge on any atom is -0.391 e. The van der Waals surface area contributed by atoms with Gasteiger partial charge in [-0.2, -0.15) is 0 Å². The van der Waals surface area contributed by atoms with Crippen molar-refractivity contribution in [1.82, 2.24) is 5.32 Å². The largest absolute Gasteiger partial charge is 0.391 e. The molecule has 0 aromatic rings. The molecule has 0 aliphatic heterocycles. The number of hydrogen-bond acceptors (Lipinski definition) is 3. The number of carbonyl (C=O) groups is 1. The van der Waals surface area contributed by atoms with Crippen molar-refractivity contribution in [2.75, 3.05) is 7.05 Å². The van der Waals surface area contributed by atoms with Crippen LogP contribution in [-0.4, -0.2) is 30.2 Å². The van der Waals surface area contributed by atoms with Crippen LogP contribution in [0.4, 0.5) is 0 Å². The maximum absolute atomic E-state index is 10.6. The normalized spacial score (nSPS) is 16.4. The summed E-state index contributed by atoms with van der Waals surface area (Å²) in [7, 11) is 1.48. The maximum atomic E-state index is 10.6. The zero-order chi connectivity index (χ0) is 7.44. The quantitative estimate of drug-likeness (QED) is 0.425. The number of amides is 1. The van der Waals surface area contributed by atoms with Crippen LogP contribution < -0.4 is 11.1 Å². The van der Waals surface area contributed by atoms with Crippen molar-refractivity contribution in [2.24, 2.45) is 5.73 Å². The van der Waals surface area contributed by atoms with Gasteiger partial charge in [0.15, 0.2) is 0 Å². The zero-order valence-corrected chi connectivity index (χ0v) is 5.59. The summed E-state index contributed by atoms with van der Waals surface area (Å²) in [4.78, 5) is 10.6. The monoisotopic (exact) mass is 132 g/mol. The Morgan fingerprint density at radius 1 is 1.78 bits per heavy atom. The van der Waals surface area contributed by atoms with Gasteiger partial charge in [0.05, 0.1) is 6.10 Å². The first kappa shape index (κ1) is 8.39. The van der Waals surface area contributed by atoms with E-state index in [4.69, 9.17) is 10.8 Å². The van der Waals surface area contributed by atoms with E-state index in [1.807, 2.05) is 0 Å². The molecule has 0 aliphatic rings. The van der Waals surface area contributed by atoms with Crippen LogP contribution in [0.3, 0.4) is 0 Å². The Hall–Kier alpha value is -0.610. The lowest BCUT2D eigenvalue weighted by Gasteiger charge is -2.11. The van der Waals surface area contributed by atoms with Crippen molar-refractivity contribution in [1.29, 1.82) is 0 Å². The Morgan fingerprint density at radius 2 is 2.22 bits per heavy atom. The highest BCUT2D eigenvalue weighted by molar-refractivity contribution is 5.81.